The molecule has 0 radical (unpaired) electrons. The molecule has 1 unspecified atom stereocenters. The first-order valence-electron chi connectivity index (χ1n) is 5.78. The Balaban J connectivity index is 2.99. The van der Waals surface area contributed by atoms with Crippen LogP contribution >= 0.6 is 11.8 Å². The summed E-state index contributed by atoms with van der Waals surface area (Å²) in [6, 6.07) is 0. The smallest absolute Gasteiger partial charge is 0.130 e. The van der Waals surface area contributed by atoms with Gasteiger partial charge in [0.05, 0.1) is 11.3 Å². The summed E-state index contributed by atoms with van der Waals surface area (Å²) in [5.41, 5.74) is 8.16. The molecule has 0 saturated carbocycles. The van der Waals surface area contributed by atoms with Gasteiger partial charge in [0.2, 0.25) is 0 Å². The largest absolute Gasteiger partial charge is 0.384 e. The second-order valence-electron chi connectivity index (χ2n) is 4.33. The molecule has 0 spiro atoms. The van der Waals surface area contributed by atoms with Gasteiger partial charge in [0, 0.05) is 5.75 Å². The van der Waals surface area contributed by atoms with E-state index in [0.29, 0.717) is 5.92 Å². The Morgan fingerprint density at radius 2 is 2.06 bits per heavy atom. The fourth-order valence-electron chi connectivity index (χ4n) is 1.34. The lowest BCUT2D eigenvalue weighted by atomic mass is 10.1. The highest BCUT2D eigenvalue weighted by molar-refractivity contribution is 7.99. The second-order valence-corrected chi connectivity index (χ2v) is 5.34. The molecule has 0 aliphatic heterocycles. The summed E-state index contributed by atoms with van der Waals surface area (Å²) in [5.74, 6) is 1.68. The van der Waals surface area contributed by atoms with Crippen molar-refractivity contribution in [3.8, 4) is 0 Å². The van der Waals surface area contributed by atoms with Gasteiger partial charge in [0.25, 0.3) is 0 Å². The minimum atomic E-state index is 0.0761. The molecule has 0 aliphatic carbocycles. The quantitative estimate of drug-likeness (QED) is 0.479. The van der Waals surface area contributed by atoms with Gasteiger partial charge in [-0.25, -0.2) is 0 Å². The molecule has 17 heavy (non-hydrogen) atoms. The number of hydrogen-bond donors (Lipinski definition) is 2. The Bertz CT molecular complexity index is 417. The van der Waals surface area contributed by atoms with Crippen molar-refractivity contribution in [3.05, 3.63) is 16.8 Å². The first-order valence-corrected chi connectivity index (χ1v) is 6.77. The predicted octanol–water partition coefficient (Wildman–Crippen LogP) is 2.52. The normalized spacial score (nSPS) is 12.5. The molecule has 0 fully saturated rings. The molecule has 1 heterocycles. The molecule has 5 heteroatoms. The number of nitrogens with one attached hydrogen (secondary N) is 1. The number of nitrogen functional groups attached to an aromatic ring is 1. The standard InChI is InChI=1S/C12H20N4S/c1-5-7(2)6-17-12-10(11(13)14)8(3)9(4)15-16-12/h7H,5-6H2,1-4H3,(H3,13,14). The van der Waals surface area contributed by atoms with Crippen LogP contribution < -0.4 is 5.73 Å². The lowest BCUT2D eigenvalue weighted by Crippen LogP contribution is -2.17. The van der Waals surface area contributed by atoms with Gasteiger partial charge in [-0.3, -0.25) is 5.41 Å². The van der Waals surface area contributed by atoms with Crippen molar-refractivity contribution in [1.29, 1.82) is 5.41 Å². The summed E-state index contributed by atoms with van der Waals surface area (Å²) in [6.07, 6.45) is 1.14. The van der Waals surface area contributed by atoms with Crippen molar-refractivity contribution in [2.75, 3.05) is 5.75 Å². The summed E-state index contributed by atoms with van der Waals surface area (Å²) < 4.78 is 0. The lowest BCUT2D eigenvalue weighted by Gasteiger charge is -2.12. The lowest BCUT2D eigenvalue weighted by molar-refractivity contribution is 0.636. The maximum absolute atomic E-state index is 7.64. The van der Waals surface area contributed by atoms with Crippen molar-refractivity contribution in [2.24, 2.45) is 11.7 Å². The Kier molecular flexibility index (Phi) is 4.93. The molecule has 4 nitrogen and oxygen atoms in total. The van der Waals surface area contributed by atoms with E-state index in [1.165, 1.54) is 0 Å². The molecule has 94 valence electrons. The highest BCUT2D eigenvalue weighted by Crippen LogP contribution is 2.25. The van der Waals surface area contributed by atoms with Gasteiger partial charge in [-0.2, -0.15) is 5.10 Å². The maximum atomic E-state index is 7.64. The third kappa shape index (κ3) is 3.43. The molecule has 0 aliphatic rings. The number of hydrogen-bond acceptors (Lipinski definition) is 4. The van der Waals surface area contributed by atoms with Gasteiger partial charge >= 0.3 is 0 Å². The minimum absolute atomic E-state index is 0.0761. The number of amidine groups is 1. The van der Waals surface area contributed by atoms with E-state index in [0.717, 1.165) is 34.0 Å². The molecule has 1 aromatic rings. The van der Waals surface area contributed by atoms with E-state index in [4.69, 9.17) is 11.1 Å². The Hall–Kier alpha value is -1.10. The number of nitrogens with zero attached hydrogens (tertiary/aromatic N) is 2. The minimum Gasteiger partial charge on any atom is -0.384 e. The number of nitrogens with two attached hydrogens (primary N) is 1. The Labute approximate surface area is 107 Å². The molecular weight excluding hydrogens is 232 g/mol. The molecule has 1 atom stereocenters. The van der Waals surface area contributed by atoms with E-state index in [-0.39, 0.29) is 5.84 Å². The predicted molar refractivity (Wildman–Crippen MR) is 72.7 cm³/mol. The first-order chi connectivity index (χ1) is 7.97. The monoisotopic (exact) mass is 252 g/mol. The van der Waals surface area contributed by atoms with E-state index in [2.05, 4.69) is 24.0 Å². The third-order valence-electron chi connectivity index (χ3n) is 2.89. The molecule has 0 bridgehead atoms. The van der Waals surface area contributed by atoms with E-state index in [9.17, 15) is 0 Å². The number of aryl methyl sites for hydroxylation is 1. The van der Waals surface area contributed by atoms with Crippen molar-refractivity contribution in [2.45, 2.75) is 39.1 Å². The van der Waals surface area contributed by atoms with Crippen LogP contribution in [-0.2, 0) is 0 Å². The first kappa shape index (κ1) is 14.0. The van der Waals surface area contributed by atoms with Gasteiger partial charge in [-0.1, -0.05) is 20.3 Å². The van der Waals surface area contributed by atoms with E-state index < -0.39 is 0 Å². The molecule has 0 aromatic carbocycles. The molecular formula is C12H20N4S. The molecule has 1 aromatic heterocycles. The van der Waals surface area contributed by atoms with E-state index in [1.807, 2.05) is 13.8 Å². The van der Waals surface area contributed by atoms with Crippen molar-refractivity contribution < 1.29 is 0 Å². The Morgan fingerprint density at radius 3 is 2.59 bits per heavy atom. The zero-order chi connectivity index (χ0) is 13.0. The summed E-state index contributed by atoms with van der Waals surface area (Å²) >= 11 is 1.64. The van der Waals surface area contributed by atoms with Crippen LogP contribution in [-0.4, -0.2) is 21.8 Å². The number of rotatable bonds is 5. The third-order valence-corrected chi connectivity index (χ3v) is 4.19. The average molecular weight is 252 g/mol. The van der Waals surface area contributed by atoms with Gasteiger partial charge in [0.15, 0.2) is 0 Å². The number of aromatic nitrogens is 2. The topological polar surface area (TPSA) is 75.7 Å². The molecule has 1 rings (SSSR count). The van der Waals surface area contributed by atoms with Crippen molar-refractivity contribution in [3.63, 3.8) is 0 Å². The summed E-state index contributed by atoms with van der Waals surface area (Å²) in [7, 11) is 0. The van der Waals surface area contributed by atoms with Crippen LogP contribution in [0.4, 0.5) is 0 Å². The maximum Gasteiger partial charge on any atom is 0.130 e. The SMILES string of the molecule is CCC(C)CSc1nnc(C)c(C)c1C(=N)N. The van der Waals surface area contributed by atoms with Gasteiger partial charge in [0.1, 0.15) is 10.9 Å². The zero-order valence-corrected chi connectivity index (χ0v) is 11.7. The number of thioether (sulfide) groups is 1. The van der Waals surface area contributed by atoms with Gasteiger partial charge in [-0.05, 0) is 25.3 Å². The second kappa shape index (κ2) is 6.00. The summed E-state index contributed by atoms with van der Waals surface area (Å²) in [5, 5.41) is 16.7. The Morgan fingerprint density at radius 1 is 1.41 bits per heavy atom. The van der Waals surface area contributed by atoms with Crippen molar-refractivity contribution in [1.82, 2.24) is 10.2 Å². The highest BCUT2D eigenvalue weighted by atomic mass is 32.2. The van der Waals surface area contributed by atoms with Crippen LogP contribution in [0.3, 0.4) is 0 Å². The van der Waals surface area contributed by atoms with E-state index >= 15 is 0 Å². The highest BCUT2D eigenvalue weighted by Gasteiger charge is 2.14. The van der Waals surface area contributed by atoms with Crippen LogP contribution in [0.15, 0.2) is 5.03 Å². The fraction of sp³-hybridized carbons (Fsp3) is 0.583. The van der Waals surface area contributed by atoms with Crippen LogP contribution in [0.25, 0.3) is 0 Å². The van der Waals surface area contributed by atoms with Gasteiger partial charge < -0.3 is 5.73 Å². The molecule has 0 amide bonds. The van der Waals surface area contributed by atoms with E-state index in [1.54, 1.807) is 11.8 Å². The summed E-state index contributed by atoms with van der Waals surface area (Å²) in [4.78, 5) is 0. The summed E-state index contributed by atoms with van der Waals surface area (Å²) in [6.45, 7) is 8.20. The molecule has 0 saturated heterocycles. The van der Waals surface area contributed by atoms with Crippen LogP contribution in [0.5, 0.6) is 0 Å². The van der Waals surface area contributed by atoms with Gasteiger partial charge in [-0.15, -0.1) is 16.9 Å². The average Bonchev–Trinajstić information content (AvgIpc) is 2.29. The van der Waals surface area contributed by atoms with Crippen LogP contribution in [0.2, 0.25) is 0 Å². The zero-order valence-electron chi connectivity index (χ0n) is 10.9. The van der Waals surface area contributed by atoms with Crippen molar-refractivity contribution >= 4 is 17.6 Å². The fourth-order valence-corrected chi connectivity index (χ4v) is 2.53. The van der Waals surface area contributed by atoms with Crippen LogP contribution in [0, 0.1) is 25.2 Å². The van der Waals surface area contributed by atoms with Crippen LogP contribution in [0.1, 0.15) is 37.1 Å². The molecule has 3 N–H and O–H groups in total.